The molecular formula is C14H26N2O2S. The molecule has 2 heterocycles. The minimum absolute atomic E-state index is 0.184. The van der Waals surface area contributed by atoms with E-state index >= 15 is 0 Å². The maximum atomic E-state index is 11.8. The molecule has 0 aliphatic carbocycles. The number of thioether (sulfide) groups is 1. The number of rotatable bonds is 2. The van der Waals surface area contributed by atoms with Gasteiger partial charge in [-0.05, 0) is 39.4 Å². The van der Waals surface area contributed by atoms with E-state index in [1.54, 1.807) is 4.90 Å². The van der Waals surface area contributed by atoms with Crippen LogP contribution in [0.4, 0.5) is 4.79 Å². The third-order valence-corrected chi connectivity index (χ3v) is 4.97. The zero-order valence-corrected chi connectivity index (χ0v) is 13.3. The van der Waals surface area contributed by atoms with Gasteiger partial charge in [0.1, 0.15) is 5.60 Å². The highest BCUT2D eigenvalue weighted by Gasteiger charge is 2.35. The Labute approximate surface area is 120 Å². The van der Waals surface area contributed by atoms with E-state index in [1.165, 1.54) is 18.6 Å². The van der Waals surface area contributed by atoms with Gasteiger partial charge >= 0.3 is 6.09 Å². The molecular weight excluding hydrogens is 260 g/mol. The highest BCUT2D eigenvalue weighted by Crippen LogP contribution is 2.26. The topological polar surface area (TPSA) is 41.6 Å². The van der Waals surface area contributed by atoms with Crippen LogP contribution in [0.2, 0.25) is 0 Å². The molecule has 110 valence electrons. The van der Waals surface area contributed by atoms with Crippen molar-refractivity contribution in [1.29, 1.82) is 0 Å². The lowest BCUT2D eigenvalue weighted by molar-refractivity contribution is 0.00403. The number of carbonyl (C=O) groups excluding carboxylic acids is 1. The molecule has 0 bridgehead atoms. The summed E-state index contributed by atoms with van der Waals surface area (Å²) in [6, 6.07) is 1.04. The average molecular weight is 286 g/mol. The Morgan fingerprint density at radius 3 is 2.63 bits per heavy atom. The van der Waals surface area contributed by atoms with Gasteiger partial charge in [0.2, 0.25) is 0 Å². The van der Waals surface area contributed by atoms with Crippen molar-refractivity contribution in [3.05, 3.63) is 0 Å². The predicted molar refractivity (Wildman–Crippen MR) is 79.7 cm³/mol. The molecule has 1 N–H and O–H groups in total. The molecule has 19 heavy (non-hydrogen) atoms. The van der Waals surface area contributed by atoms with Gasteiger partial charge in [0, 0.05) is 30.4 Å². The molecule has 0 aromatic carbocycles. The number of hydrogen-bond donors (Lipinski definition) is 1. The van der Waals surface area contributed by atoms with E-state index in [2.05, 4.69) is 12.2 Å². The minimum Gasteiger partial charge on any atom is -0.444 e. The number of nitrogens with zero attached hydrogens (tertiary/aromatic N) is 1. The Hall–Kier alpha value is -0.420. The van der Waals surface area contributed by atoms with Crippen LogP contribution < -0.4 is 5.32 Å². The van der Waals surface area contributed by atoms with Crippen LogP contribution in [0, 0.1) is 0 Å². The normalized spacial score (nSPS) is 28.9. The van der Waals surface area contributed by atoms with Gasteiger partial charge < -0.3 is 15.0 Å². The lowest BCUT2D eigenvalue weighted by Gasteiger charge is -2.43. The van der Waals surface area contributed by atoms with Crippen molar-refractivity contribution in [3.8, 4) is 0 Å². The zero-order chi connectivity index (χ0) is 14.0. The lowest BCUT2D eigenvalue weighted by Crippen LogP contribution is -2.63. The van der Waals surface area contributed by atoms with Crippen molar-refractivity contribution in [3.63, 3.8) is 0 Å². The van der Waals surface area contributed by atoms with Crippen molar-refractivity contribution >= 4 is 17.9 Å². The van der Waals surface area contributed by atoms with Gasteiger partial charge in [-0.25, -0.2) is 4.79 Å². The maximum absolute atomic E-state index is 11.8. The van der Waals surface area contributed by atoms with Gasteiger partial charge in [-0.1, -0.05) is 6.92 Å². The quantitative estimate of drug-likeness (QED) is 0.847. The highest BCUT2D eigenvalue weighted by molar-refractivity contribution is 7.99. The molecule has 2 atom stereocenters. The van der Waals surface area contributed by atoms with Crippen LogP contribution in [0.15, 0.2) is 0 Å². The van der Waals surface area contributed by atoms with Crippen molar-refractivity contribution in [2.45, 2.75) is 63.5 Å². The van der Waals surface area contributed by atoms with E-state index < -0.39 is 5.60 Å². The molecule has 4 nitrogen and oxygen atoms in total. The fourth-order valence-corrected chi connectivity index (χ4v) is 3.66. The molecule has 2 rings (SSSR count). The van der Waals surface area contributed by atoms with Crippen molar-refractivity contribution in [2.75, 3.05) is 18.8 Å². The molecule has 2 aliphatic rings. The Morgan fingerprint density at radius 2 is 2.05 bits per heavy atom. The fraction of sp³-hybridized carbons (Fsp3) is 0.929. The molecule has 2 unspecified atom stereocenters. The Morgan fingerprint density at radius 1 is 1.37 bits per heavy atom. The summed E-state index contributed by atoms with van der Waals surface area (Å²) in [5.74, 6) is 1.29. The van der Waals surface area contributed by atoms with Crippen molar-refractivity contribution in [1.82, 2.24) is 10.2 Å². The highest BCUT2D eigenvalue weighted by atomic mass is 32.2. The van der Waals surface area contributed by atoms with Crippen LogP contribution in [0.5, 0.6) is 0 Å². The number of nitrogens with one attached hydrogen (secondary N) is 1. The zero-order valence-electron chi connectivity index (χ0n) is 12.4. The number of carbonyl (C=O) groups is 1. The van der Waals surface area contributed by atoms with E-state index in [1.807, 2.05) is 32.5 Å². The van der Waals surface area contributed by atoms with Crippen LogP contribution >= 0.6 is 11.8 Å². The number of amides is 1. The van der Waals surface area contributed by atoms with Crippen LogP contribution in [0.25, 0.3) is 0 Å². The Bertz CT molecular complexity index is 324. The van der Waals surface area contributed by atoms with Gasteiger partial charge in [-0.2, -0.15) is 11.8 Å². The van der Waals surface area contributed by atoms with Gasteiger partial charge in [-0.15, -0.1) is 0 Å². The van der Waals surface area contributed by atoms with Gasteiger partial charge in [0.25, 0.3) is 0 Å². The molecule has 2 aliphatic heterocycles. The summed E-state index contributed by atoms with van der Waals surface area (Å²) >= 11 is 2.05. The third kappa shape index (κ3) is 4.28. The van der Waals surface area contributed by atoms with Crippen molar-refractivity contribution in [2.24, 2.45) is 0 Å². The summed E-state index contributed by atoms with van der Waals surface area (Å²) in [5.41, 5.74) is -0.399. The molecule has 2 fully saturated rings. The van der Waals surface area contributed by atoms with E-state index in [-0.39, 0.29) is 6.09 Å². The van der Waals surface area contributed by atoms with Crippen molar-refractivity contribution < 1.29 is 9.53 Å². The smallest absolute Gasteiger partial charge is 0.410 e. The van der Waals surface area contributed by atoms with Crippen LogP contribution in [0.1, 0.15) is 40.5 Å². The number of hydrogen-bond acceptors (Lipinski definition) is 4. The number of ether oxygens (including phenoxy) is 1. The summed E-state index contributed by atoms with van der Waals surface area (Å²) in [5, 5.41) is 4.37. The summed E-state index contributed by atoms with van der Waals surface area (Å²) in [6.45, 7) is 9.57. The summed E-state index contributed by atoms with van der Waals surface area (Å²) in [6.07, 6.45) is 2.38. The molecule has 0 spiro atoms. The predicted octanol–water partition coefficient (Wildman–Crippen LogP) is 2.48. The van der Waals surface area contributed by atoms with Gasteiger partial charge in [-0.3, -0.25) is 0 Å². The average Bonchev–Trinajstić information content (AvgIpc) is 2.22. The van der Waals surface area contributed by atoms with E-state index in [0.717, 1.165) is 13.1 Å². The maximum Gasteiger partial charge on any atom is 0.410 e. The molecule has 1 amide bonds. The summed E-state index contributed by atoms with van der Waals surface area (Å²) in [7, 11) is 0. The Kier molecular flexibility index (Phi) is 4.66. The standard InChI is InChI=1S/C14H26N2O2S/c1-10-12(6-5-7-19-10)15-11-8-16(9-11)13(17)18-14(2,3)4/h10-12,15H,5-9H2,1-4H3. The van der Waals surface area contributed by atoms with Crippen LogP contribution in [-0.2, 0) is 4.74 Å². The first-order valence-corrected chi connectivity index (χ1v) is 8.25. The van der Waals surface area contributed by atoms with Gasteiger partial charge in [0.15, 0.2) is 0 Å². The van der Waals surface area contributed by atoms with Crippen LogP contribution in [-0.4, -0.2) is 52.8 Å². The van der Waals surface area contributed by atoms with Gasteiger partial charge in [0.05, 0.1) is 0 Å². The van der Waals surface area contributed by atoms with E-state index in [4.69, 9.17) is 4.74 Å². The van der Waals surface area contributed by atoms with Crippen LogP contribution in [0.3, 0.4) is 0 Å². The van der Waals surface area contributed by atoms with E-state index in [9.17, 15) is 4.79 Å². The second-order valence-corrected chi connectivity index (χ2v) is 8.06. The SMILES string of the molecule is CC1SCCCC1NC1CN(C(=O)OC(C)(C)C)C1. The molecule has 0 aromatic rings. The lowest BCUT2D eigenvalue weighted by atomic mass is 10.0. The van der Waals surface area contributed by atoms with E-state index in [0.29, 0.717) is 17.3 Å². The fourth-order valence-electron chi connectivity index (χ4n) is 2.50. The number of likely N-dealkylation sites (tertiary alicyclic amines) is 1. The minimum atomic E-state index is -0.399. The molecule has 0 radical (unpaired) electrons. The largest absolute Gasteiger partial charge is 0.444 e. The second-order valence-electron chi connectivity index (χ2n) is 6.57. The first-order valence-electron chi connectivity index (χ1n) is 7.21. The Balaban J connectivity index is 1.70. The molecule has 5 heteroatoms. The monoisotopic (exact) mass is 286 g/mol. The summed E-state index contributed by atoms with van der Waals surface area (Å²) < 4.78 is 5.36. The molecule has 2 saturated heterocycles. The molecule has 0 saturated carbocycles. The molecule has 0 aromatic heterocycles. The summed E-state index contributed by atoms with van der Waals surface area (Å²) in [4.78, 5) is 13.6. The first kappa shape index (κ1) is 15.0. The first-order chi connectivity index (χ1) is 8.85. The third-order valence-electron chi connectivity index (χ3n) is 3.59. The second kappa shape index (κ2) is 5.92.